The highest BCUT2D eigenvalue weighted by molar-refractivity contribution is 7.99. The fourth-order valence-corrected chi connectivity index (χ4v) is 3.24. The van der Waals surface area contributed by atoms with Crippen molar-refractivity contribution in [3.05, 3.63) is 22.1 Å². The summed E-state index contributed by atoms with van der Waals surface area (Å²) in [5.74, 6) is -0.767. The lowest BCUT2D eigenvalue weighted by atomic mass is 10.0. The van der Waals surface area contributed by atoms with E-state index in [0.29, 0.717) is 12.8 Å². The van der Waals surface area contributed by atoms with Gasteiger partial charge in [0, 0.05) is 6.07 Å². The summed E-state index contributed by atoms with van der Waals surface area (Å²) in [5.41, 5.74) is -0.903. The molecule has 0 spiro atoms. The predicted molar refractivity (Wildman–Crippen MR) is 86.3 cm³/mol. The Morgan fingerprint density at radius 2 is 2.21 bits per heavy atom. The van der Waals surface area contributed by atoms with Crippen LogP contribution in [0, 0.1) is 11.3 Å². The van der Waals surface area contributed by atoms with Gasteiger partial charge < -0.3 is 15.0 Å². The molecule has 0 radical (unpaired) electrons. The number of hydrogen-bond acceptors (Lipinski definition) is 7. The van der Waals surface area contributed by atoms with Crippen LogP contribution in [0.3, 0.4) is 0 Å². The molecule has 1 aromatic heterocycles. The lowest BCUT2D eigenvalue weighted by Gasteiger charge is -2.21. The average molecular weight is 350 g/mol. The summed E-state index contributed by atoms with van der Waals surface area (Å²) in [6.45, 7) is 0. The molecule has 0 saturated heterocycles. The van der Waals surface area contributed by atoms with Gasteiger partial charge in [0.2, 0.25) is 5.91 Å². The number of carbonyl (C=O) groups is 2. The zero-order chi connectivity index (χ0) is 17.6. The number of aromatic amines is 1. The Hall–Kier alpha value is -2.34. The number of aromatic nitrogens is 2. The van der Waals surface area contributed by atoms with Gasteiger partial charge in [0.15, 0.2) is 5.16 Å². The minimum absolute atomic E-state index is 0.0219. The first-order valence-electron chi connectivity index (χ1n) is 7.48. The van der Waals surface area contributed by atoms with Gasteiger partial charge in [-0.15, -0.1) is 0 Å². The molecule has 1 saturated carbocycles. The molecule has 9 heteroatoms. The third-order valence-corrected chi connectivity index (χ3v) is 4.59. The first-order chi connectivity index (χ1) is 11.5. The maximum atomic E-state index is 12.1. The lowest BCUT2D eigenvalue weighted by molar-refractivity contribution is -0.139. The van der Waals surface area contributed by atoms with Crippen molar-refractivity contribution in [2.45, 2.75) is 42.8 Å². The smallest absolute Gasteiger partial charge is 0.311 e. The molecule has 1 aliphatic rings. The molecule has 0 aliphatic heterocycles. The fourth-order valence-electron chi connectivity index (χ4n) is 2.54. The number of hydrogen-bond donors (Lipinski definition) is 2. The largest absolute Gasteiger partial charge is 0.469 e. The first-order valence-corrected chi connectivity index (χ1v) is 8.47. The molecule has 0 bridgehead atoms. The molecule has 1 aliphatic carbocycles. The van der Waals surface area contributed by atoms with Gasteiger partial charge in [0.05, 0.1) is 31.0 Å². The summed E-state index contributed by atoms with van der Waals surface area (Å²) in [7, 11) is 1.25. The number of methoxy groups -OCH3 is 1. The number of rotatable bonds is 6. The zero-order valence-corrected chi connectivity index (χ0v) is 14.1. The molecule has 0 atom stereocenters. The highest BCUT2D eigenvalue weighted by Gasteiger charge is 2.35. The van der Waals surface area contributed by atoms with Gasteiger partial charge in [0.25, 0.3) is 5.56 Å². The fraction of sp³-hybridized carbons (Fsp3) is 0.533. The van der Waals surface area contributed by atoms with Crippen molar-refractivity contribution in [2.24, 2.45) is 0 Å². The number of H-pyrrole nitrogens is 1. The quantitative estimate of drug-likeness (QED) is 0.435. The van der Waals surface area contributed by atoms with Crippen LogP contribution >= 0.6 is 11.8 Å². The number of ether oxygens (including phenoxy) is 1. The topological polar surface area (TPSA) is 125 Å². The number of thioether (sulfide) groups is 1. The summed E-state index contributed by atoms with van der Waals surface area (Å²) in [5, 5.41) is 12.3. The molecule has 1 aromatic rings. The van der Waals surface area contributed by atoms with Crippen molar-refractivity contribution in [1.29, 1.82) is 5.26 Å². The molecule has 24 heavy (non-hydrogen) atoms. The van der Waals surface area contributed by atoms with Crippen LogP contribution in [0.1, 0.15) is 31.4 Å². The molecule has 8 nitrogen and oxygen atoms in total. The van der Waals surface area contributed by atoms with Crippen LogP contribution in [0.5, 0.6) is 0 Å². The molecule has 1 amide bonds. The van der Waals surface area contributed by atoms with E-state index in [4.69, 9.17) is 0 Å². The van der Waals surface area contributed by atoms with Gasteiger partial charge in [-0.25, -0.2) is 4.98 Å². The van der Waals surface area contributed by atoms with E-state index in [-0.39, 0.29) is 28.9 Å². The van der Waals surface area contributed by atoms with Crippen molar-refractivity contribution in [1.82, 2.24) is 15.3 Å². The molecule has 2 N–H and O–H groups in total. The second-order valence-electron chi connectivity index (χ2n) is 5.53. The molecule has 128 valence electrons. The predicted octanol–water partition coefficient (Wildman–Crippen LogP) is 0.530. The highest BCUT2D eigenvalue weighted by Crippen LogP contribution is 2.29. The van der Waals surface area contributed by atoms with Crippen LogP contribution in [0.15, 0.2) is 16.0 Å². The van der Waals surface area contributed by atoms with Crippen molar-refractivity contribution in [3.63, 3.8) is 0 Å². The van der Waals surface area contributed by atoms with Gasteiger partial charge in [0.1, 0.15) is 5.54 Å². The standard InChI is InChI=1S/C15H18N4O4S/c1-23-13(22)7-10-6-11(20)18-14(17-10)24-8-12(21)19-15(9-16)4-2-3-5-15/h6H,2-5,7-8H2,1H3,(H,19,21)(H,17,18,20). The summed E-state index contributed by atoms with van der Waals surface area (Å²) < 4.78 is 4.54. The van der Waals surface area contributed by atoms with Crippen LogP contribution in [0.4, 0.5) is 0 Å². The monoisotopic (exact) mass is 350 g/mol. The Bertz CT molecular complexity index is 719. The van der Waals surface area contributed by atoms with Crippen LogP contribution in [0.2, 0.25) is 0 Å². The molecule has 2 rings (SSSR count). The number of esters is 1. The number of nitrogens with one attached hydrogen (secondary N) is 2. The molecule has 0 aromatic carbocycles. The normalized spacial score (nSPS) is 15.5. The van der Waals surface area contributed by atoms with Crippen LogP contribution < -0.4 is 10.9 Å². The summed E-state index contributed by atoms with van der Waals surface area (Å²) in [6.07, 6.45) is 3.04. The van der Waals surface area contributed by atoms with Gasteiger partial charge in [-0.2, -0.15) is 5.26 Å². The van der Waals surface area contributed by atoms with E-state index in [1.165, 1.54) is 13.2 Å². The first kappa shape index (κ1) is 18.0. The van der Waals surface area contributed by atoms with Gasteiger partial charge >= 0.3 is 5.97 Å². The summed E-state index contributed by atoms with van der Waals surface area (Å²) in [6, 6.07) is 3.40. The lowest BCUT2D eigenvalue weighted by Crippen LogP contribution is -2.45. The van der Waals surface area contributed by atoms with Crippen LogP contribution in [-0.4, -0.2) is 40.2 Å². The average Bonchev–Trinajstić information content (AvgIpc) is 3.01. The molecular weight excluding hydrogens is 332 g/mol. The molecule has 1 fully saturated rings. The maximum absolute atomic E-state index is 12.1. The van der Waals surface area contributed by atoms with Crippen LogP contribution in [0.25, 0.3) is 0 Å². The van der Waals surface area contributed by atoms with Crippen molar-refractivity contribution < 1.29 is 14.3 Å². The van der Waals surface area contributed by atoms with Crippen molar-refractivity contribution >= 4 is 23.6 Å². The minimum atomic E-state index is -0.773. The second kappa shape index (κ2) is 7.97. The minimum Gasteiger partial charge on any atom is -0.469 e. The third kappa shape index (κ3) is 4.83. The van der Waals surface area contributed by atoms with E-state index in [1.807, 2.05) is 0 Å². The van der Waals surface area contributed by atoms with Crippen molar-refractivity contribution in [3.8, 4) is 6.07 Å². The van der Waals surface area contributed by atoms with E-state index in [9.17, 15) is 19.6 Å². The SMILES string of the molecule is COC(=O)Cc1cc(=O)[nH]c(SCC(=O)NC2(C#N)CCCC2)n1. The zero-order valence-electron chi connectivity index (χ0n) is 13.3. The number of nitriles is 1. The Kier molecular flexibility index (Phi) is 5.98. The highest BCUT2D eigenvalue weighted by atomic mass is 32.2. The molecule has 1 heterocycles. The Morgan fingerprint density at radius 3 is 2.83 bits per heavy atom. The number of carbonyl (C=O) groups excluding carboxylic acids is 2. The van der Waals surface area contributed by atoms with Crippen LogP contribution in [-0.2, 0) is 20.7 Å². The number of nitrogens with zero attached hydrogens (tertiary/aromatic N) is 2. The van der Waals surface area contributed by atoms with E-state index in [2.05, 4.69) is 26.1 Å². The van der Waals surface area contributed by atoms with Gasteiger partial charge in [-0.3, -0.25) is 14.4 Å². The Morgan fingerprint density at radius 1 is 1.50 bits per heavy atom. The van der Waals surface area contributed by atoms with E-state index in [1.54, 1.807) is 0 Å². The Balaban J connectivity index is 1.96. The van der Waals surface area contributed by atoms with Gasteiger partial charge in [-0.1, -0.05) is 11.8 Å². The van der Waals surface area contributed by atoms with Gasteiger partial charge in [-0.05, 0) is 25.7 Å². The second-order valence-corrected chi connectivity index (χ2v) is 6.50. The summed E-state index contributed by atoms with van der Waals surface area (Å²) in [4.78, 5) is 41.5. The van der Waals surface area contributed by atoms with E-state index < -0.39 is 17.1 Å². The Labute approximate surface area is 143 Å². The molecular formula is C15H18N4O4S. The molecule has 0 unspecified atom stereocenters. The number of amides is 1. The maximum Gasteiger partial charge on any atom is 0.311 e. The van der Waals surface area contributed by atoms with Crippen molar-refractivity contribution in [2.75, 3.05) is 12.9 Å². The van der Waals surface area contributed by atoms with E-state index in [0.717, 1.165) is 24.6 Å². The van der Waals surface area contributed by atoms with E-state index >= 15 is 0 Å². The summed E-state index contributed by atoms with van der Waals surface area (Å²) >= 11 is 1.04. The third-order valence-electron chi connectivity index (χ3n) is 3.72.